The van der Waals surface area contributed by atoms with Gasteiger partial charge >= 0.3 is 5.97 Å². The Morgan fingerprint density at radius 2 is 2.08 bits per heavy atom. The zero-order valence-corrected chi connectivity index (χ0v) is 14.8. The molecule has 0 spiro atoms. The molecular formula is C18H27N3O3. The summed E-state index contributed by atoms with van der Waals surface area (Å²) in [7, 11) is 0. The molecule has 2 bridgehead atoms. The lowest BCUT2D eigenvalue weighted by Crippen LogP contribution is -2.34. The van der Waals surface area contributed by atoms with Gasteiger partial charge in [0.15, 0.2) is 0 Å². The van der Waals surface area contributed by atoms with Crippen molar-refractivity contribution < 1.29 is 14.7 Å². The summed E-state index contributed by atoms with van der Waals surface area (Å²) in [6, 6.07) is 2.36. The zero-order valence-electron chi connectivity index (χ0n) is 14.8. The van der Waals surface area contributed by atoms with Crippen LogP contribution in [0.15, 0.2) is 11.8 Å². The van der Waals surface area contributed by atoms with Crippen molar-refractivity contribution in [3.05, 3.63) is 11.8 Å². The maximum Gasteiger partial charge on any atom is 0.303 e. The fraction of sp³-hybridized carbons (Fsp3) is 0.722. The molecule has 0 radical (unpaired) electrons. The molecule has 2 fully saturated rings. The molecule has 2 unspecified atom stereocenters. The lowest BCUT2D eigenvalue weighted by Gasteiger charge is -2.39. The fourth-order valence-corrected chi connectivity index (χ4v) is 4.50. The Labute approximate surface area is 143 Å². The quantitative estimate of drug-likeness (QED) is 0.442. The van der Waals surface area contributed by atoms with Crippen LogP contribution in [0.2, 0.25) is 0 Å². The smallest absolute Gasteiger partial charge is 0.303 e. The number of nitrogens with one attached hydrogen (secondary N) is 1. The summed E-state index contributed by atoms with van der Waals surface area (Å²) in [5, 5.41) is 20.5. The number of carboxylic acid groups (broad SMARTS) is 1. The molecule has 1 aliphatic heterocycles. The summed E-state index contributed by atoms with van der Waals surface area (Å²) in [6.07, 6.45) is 5.39. The maximum atomic E-state index is 12.1. The Bertz CT molecular complexity index is 591. The Hall–Kier alpha value is -2.03. The van der Waals surface area contributed by atoms with E-state index in [9.17, 15) is 14.9 Å². The first-order valence-electron chi connectivity index (χ1n) is 8.52. The number of amides is 1. The summed E-state index contributed by atoms with van der Waals surface area (Å²) in [5.74, 6) is -1.31. The van der Waals surface area contributed by atoms with Gasteiger partial charge in [-0.15, -0.1) is 0 Å². The van der Waals surface area contributed by atoms with Crippen LogP contribution >= 0.6 is 0 Å². The standard InChI is InChI=1S/C18H27N3O3/c1-17(2)7-14-8-18(3,11-17)12-21(14)10-13(9-19)16(24)20-6-4-5-15(22)23/h10,14H,4-8,11-12H2,1-3H3,(H,20,24)(H,22,23)/b13-10-. The van der Waals surface area contributed by atoms with Gasteiger partial charge in [-0.05, 0) is 36.5 Å². The molecule has 0 aromatic rings. The number of hydrogen-bond donors (Lipinski definition) is 2. The first kappa shape index (κ1) is 18.3. The molecule has 1 heterocycles. The van der Waals surface area contributed by atoms with Gasteiger partial charge in [0.2, 0.25) is 0 Å². The van der Waals surface area contributed by atoms with E-state index in [1.54, 1.807) is 6.20 Å². The Morgan fingerprint density at radius 3 is 2.71 bits per heavy atom. The molecule has 0 aromatic carbocycles. The molecule has 2 rings (SSSR count). The highest BCUT2D eigenvalue weighted by Gasteiger charge is 2.48. The van der Waals surface area contributed by atoms with Crippen molar-refractivity contribution in [1.29, 1.82) is 5.26 Å². The molecule has 132 valence electrons. The van der Waals surface area contributed by atoms with Crippen LogP contribution in [0.3, 0.4) is 0 Å². The van der Waals surface area contributed by atoms with Gasteiger partial charge in [0.25, 0.3) is 5.91 Å². The lowest BCUT2D eigenvalue weighted by molar-refractivity contribution is -0.137. The van der Waals surface area contributed by atoms with E-state index in [-0.39, 0.29) is 29.4 Å². The second-order valence-corrected chi connectivity index (χ2v) is 8.29. The van der Waals surface area contributed by atoms with Crippen molar-refractivity contribution in [3.8, 4) is 6.07 Å². The summed E-state index contributed by atoms with van der Waals surface area (Å²) in [6.45, 7) is 7.99. The number of carbonyl (C=O) groups is 2. The predicted molar refractivity (Wildman–Crippen MR) is 89.8 cm³/mol. The number of likely N-dealkylation sites (tertiary alicyclic amines) is 1. The number of carbonyl (C=O) groups excluding carboxylic acids is 1. The fourth-order valence-electron chi connectivity index (χ4n) is 4.50. The van der Waals surface area contributed by atoms with Gasteiger partial charge < -0.3 is 15.3 Å². The minimum Gasteiger partial charge on any atom is -0.481 e. The van der Waals surface area contributed by atoms with Gasteiger partial charge in [0.05, 0.1) is 0 Å². The van der Waals surface area contributed by atoms with E-state index < -0.39 is 11.9 Å². The third kappa shape index (κ3) is 4.50. The van der Waals surface area contributed by atoms with Crippen LogP contribution in [0.25, 0.3) is 0 Å². The van der Waals surface area contributed by atoms with E-state index in [0.29, 0.717) is 12.5 Å². The average molecular weight is 333 g/mol. The zero-order chi connectivity index (χ0) is 18.0. The number of aliphatic carboxylic acids is 1. The Balaban J connectivity index is 1.99. The van der Waals surface area contributed by atoms with Gasteiger partial charge in [-0.2, -0.15) is 5.26 Å². The SMILES string of the molecule is CC1(C)CC2CC(C)(CN2/C=C(/C#N)C(=O)NCCCC(=O)O)C1. The molecule has 1 amide bonds. The van der Waals surface area contributed by atoms with Gasteiger partial charge in [-0.1, -0.05) is 20.8 Å². The highest BCUT2D eigenvalue weighted by molar-refractivity contribution is 5.97. The van der Waals surface area contributed by atoms with Crippen LogP contribution < -0.4 is 5.32 Å². The molecular weight excluding hydrogens is 306 g/mol. The first-order valence-corrected chi connectivity index (χ1v) is 8.52. The minimum absolute atomic E-state index is 0.00746. The third-order valence-electron chi connectivity index (χ3n) is 4.97. The van der Waals surface area contributed by atoms with Gasteiger partial charge in [-0.25, -0.2) is 0 Å². The van der Waals surface area contributed by atoms with Crippen molar-refractivity contribution in [2.45, 2.75) is 58.9 Å². The van der Waals surface area contributed by atoms with Crippen LogP contribution in [-0.2, 0) is 9.59 Å². The first-order chi connectivity index (χ1) is 11.1. The van der Waals surface area contributed by atoms with Crippen LogP contribution in [0.5, 0.6) is 0 Å². The van der Waals surface area contributed by atoms with Crippen LogP contribution in [0.4, 0.5) is 0 Å². The Kier molecular flexibility index (Phi) is 5.22. The van der Waals surface area contributed by atoms with E-state index in [1.165, 1.54) is 0 Å². The summed E-state index contributed by atoms with van der Waals surface area (Å²) < 4.78 is 0. The van der Waals surface area contributed by atoms with Crippen molar-refractivity contribution in [3.63, 3.8) is 0 Å². The van der Waals surface area contributed by atoms with Crippen LogP contribution in [0.1, 0.15) is 52.9 Å². The van der Waals surface area contributed by atoms with E-state index >= 15 is 0 Å². The van der Waals surface area contributed by atoms with Crippen molar-refractivity contribution >= 4 is 11.9 Å². The summed E-state index contributed by atoms with van der Waals surface area (Å²) in [5.41, 5.74) is 0.618. The van der Waals surface area contributed by atoms with E-state index in [4.69, 9.17) is 5.11 Å². The molecule has 6 heteroatoms. The normalized spacial score (nSPS) is 28.3. The monoisotopic (exact) mass is 333 g/mol. The number of nitriles is 1. The average Bonchev–Trinajstić information content (AvgIpc) is 2.68. The van der Waals surface area contributed by atoms with Crippen molar-refractivity contribution in [2.75, 3.05) is 13.1 Å². The molecule has 2 atom stereocenters. The lowest BCUT2D eigenvalue weighted by atomic mass is 9.65. The molecule has 1 aliphatic carbocycles. The molecule has 1 saturated heterocycles. The maximum absolute atomic E-state index is 12.1. The highest BCUT2D eigenvalue weighted by atomic mass is 16.4. The Morgan fingerprint density at radius 1 is 1.38 bits per heavy atom. The van der Waals surface area contributed by atoms with Gasteiger partial charge in [0, 0.05) is 31.8 Å². The molecule has 6 nitrogen and oxygen atoms in total. The molecule has 2 aliphatic rings. The van der Waals surface area contributed by atoms with Crippen LogP contribution in [0, 0.1) is 22.2 Å². The second-order valence-electron chi connectivity index (χ2n) is 8.29. The predicted octanol–water partition coefficient (Wildman–Crippen LogP) is 2.28. The number of rotatable bonds is 6. The topological polar surface area (TPSA) is 93.4 Å². The molecule has 2 N–H and O–H groups in total. The molecule has 24 heavy (non-hydrogen) atoms. The van der Waals surface area contributed by atoms with Crippen molar-refractivity contribution in [2.24, 2.45) is 10.8 Å². The number of nitrogens with zero attached hydrogens (tertiary/aromatic N) is 2. The largest absolute Gasteiger partial charge is 0.481 e. The third-order valence-corrected chi connectivity index (χ3v) is 4.97. The number of hydrogen-bond acceptors (Lipinski definition) is 4. The van der Waals surface area contributed by atoms with E-state index in [1.807, 2.05) is 6.07 Å². The van der Waals surface area contributed by atoms with E-state index in [2.05, 4.69) is 31.0 Å². The molecule has 0 aromatic heterocycles. The van der Waals surface area contributed by atoms with E-state index in [0.717, 1.165) is 25.8 Å². The summed E-state index contributed by atoms with van der Waals surface area (Å²) in [4.78, 5) is 24.8. The van der Waals surface area contributed by atoms with Gasteiger partial charge in [0.1, 0.15) is 11.6 Å². The highest BCUT2D eigenvalue weighted by Crippen LogP contribution is 2.52. The number of carboxylic acids is 1. The van der Waals surface area contributed by atoms with Crippen molar-refractivity contribution in [1.82, 2.24) is 10.2 Å². The summed E-state index contributed by atoms with van der Waals surface area (Å²) >= 11 is 0. The van der Waals surface area contributed by atoms with Crippen LogP contribution in [-0.4, -0.2) is 41.0 Å². The second kappa shape index (κ2) is 6.84. The number of fused-ring (bicyclic) bond motifs is 2. The minimum atomic E-state index is -0.888. The van der Waals surface area contributed by atoms with Gasteiger partial charge in [-0.3, -0.25) is 9.59 Å². The molecule has 1 saturated carbocycles.